The fourth-order valence-corrected chi connectivity index (χ4v) is 5.01. The van der Waals surface area contributed by atoms with Gasteiger partial charge in [-0.3, -0.25) is 0 Å². The van der Waals surface area contributed by atoms with Crippen molar-refractivity contribution in [3.8, 4) is 11.1 Å². The molecule has 6 aromatic rings. The van der Waals surface area contributed by atoms with Crippen LogP contribution in [-0.2, 0) is 0 Å². The van der Waals surface area contributed by atoms with Crippen LogP contribution in [0.5, 0.6) is 0 Å². The minimum atomic E-state index is 1.22. The molecule has 0 saturated heterocycles. The van der Waals surface area contributed by atoms with Crippen LogP contribution in [0.1, 0.15) is 11.1 Å². The fourth-order valence-electron chi connectivity index (χ4n) is 5.01. The van der Waals surface area contributed by atoms with Crippen LogP contribution in [-0.4, -0.2) is 0 Å². The highest BCUT2D eigenvalue weighted by Crippen LogP contribution is 2.44. The highest BCUT2D eigenvalue weighted by atomic mass is 14.6. The first-order valence-corrected chi connectivity index (χ1v) is 9.80. The van der Waals surface area contributed by atoms with Crippen molar-refractivity contribution in [2.75, 3.05) is 0 Å². The number of fused-ring (bicyclic) bond motifs is 3. The second-order valence-electron chi connectivity index (χ2n) is 7.78. The van der Waals surface area contributed by atoms with Gasteiger partial charge >= 0.3 is 0 Å². The molecular formula is C27H20N+. The summed E-state index contributed by atoms with van der Waals surface area (Å²) in [6.07, 6.45) is 2.02. The van der Waals surface area contributed by atoms with Crippen LogP contribution in [0.3, 0.4) is 0 Å². The summed E-state index contributed by atoms with van der Waals surface area (Å²) in [6, 6.07) is 26.7. The van der Waals surface area contributed by atoms with Crippen molar-refractivity contribution in [1.29, 1.82) is 0 Å². The molecule has 1 N–H and O–H groups in total. The summed E-state index contributed by atoms with van der Waals surface area (Å²) in [6.45, 7) is 4.43. The zero-order valence-electron chi connectivity index (χ0n) is 16.0. The van der Waals surface area contributed by atoms with Crippen LogP contribution in [0.25, 0.3) is 54.3 Å². The number of H-pyrrole nitrogens is 1. The van der Waals surface area contributed by atoms with E-state index in [1.54, 1.807) is 0 Å². The maximum absolute atomic E-state index is 3.50. The smallest absolute Gasteiger partial charge is 0.211 e. The van der Waals surface area contributed by atoms with Gasteiger partial charge in [-0.25, -0.2) is 4.98 Å². The maximum atomic E-state index is 3.50. The Labute approximate surface area is 163 Å². The van der Waals surface area contributed by atoms with E-state index < -0.39 is 0 Å². The summed E-state index contributed by atoms with van der Waals surface area (Å²) in [5, 5.41) is 9.28. The second kappa shape index (κ2) is 5.53. The van der Waals surface area contributed by atoms with Crippen LogP contribution < -0.4 is 4.98 Å². The van der Waals surface area contributed by atoms with Crippen molar-refractivity contribution >= 4 is 43.2 Å². The van der Waals surface area contributed by atoms with E-state index in [9.17, 15) is 0 Å². The van der Waals surface area contributed by atoms with E-state index in [1.165, 1.54) is 65.5 Å². The summed E-state index contributed by atoms with van der Waals surface area (Å²) in [5.41, 5.74) is 6.56. The molecule has 5 aromatic carbocycles. The zero-order valence-corrected chi connectivity index (χ0v) is 16.0. The Morgan fingerprint density at radius 3 is 2.14 bits per heavy atom. The SMILES string of the molecule is Cc1cccc(C)c1-c1cc2cccc3c4[nH+]cccc4c4cccc1c4c23. The first-order chi connectivity index (χ1) is 13.7. The van der Waals surface area contributed by atoms with E-state index >= 15 is 0 Å². The van der Waals surface area contributed by atoms with E-state index in [1.807, 2.05) is 6.20 Å². The Balaban J connectivity index is 1.95. The Kier molecular flexibility index (Phi) is 3.08. The molecular weight excluding hydrogens is 338 g/mol. The quantitative estimate of drug-likeness (QED) is 0.226. The average molecular weight is 358 g/mol. The van der Waals surface area contributed by atoms with Crippen LogP contribution in [0, 0.1) is 13.8 Å². The van der Waals surface area contributed by atoms with Gasteiger partial charge in [-0.1, -0.05) is 48.5 Å². The molecule has 0 fully saturated rings. The molecule has 0 spiro atoms. The Bertz CT molecular complexity index is 1500. The van der Waals surface area contributed by atoms with Crippen molar-refractivity contribution in [2.45, 2.75) is 13.8 Å². The number of pyridine rings is 1. The lowest BCUT2D eigenvalue weighted by molar-refractivity contribution is -0.343. The van der Waals surface area contributed by atoms with Crippen LogP contribution in [0.4, 0.5) is 0 Å². The predicted octanol–water partition coefficient (Wildman–Crippen LogP) is 6.84. The zero-order chi connectivity index (χ0) is 18.8. The van der Waals surface area contributed by atoms with Gasteiger partial charge in [0.2, 0.25) is 5.52 Å². The monoisotopic (exact) mass is 358 g/mol. The summed E-state index contributed by atoms with van der Waals surface area (Å²) < 4.78 is 0. The number of hydrogen-bond donors (Lipinski definition) is 0. The van der Waals surface area contributed by atoms with Crippen molar-refractivity contribution in [3.63, 3.8) is 0 Å². The molecule has 0 bridgehead atoms. The normalized spacial score (nSPS) is 11.9. The molecule has 0 unspecified atom stereocenters. The molecule has 1 aromatic heterocycles. The first kappa shape index (κ1) is 15.6. The van der Waals surface area contributed by atoms with Gasteiger partial charge in [-0.2, -0.15) is 0 Å². The Morgan fingerprint density at radius 2 is 1.29 bits per heavy atom. The van der Waals surface area contributed by atoms with Crippen molar-refractivity contribution in [3.05, 3.63) is 90.1 Å². The third-order valence-electron chi connectivity index (χ3n) is 6.17. The van der Waals surface area contributed by atoms with Crippen LogP contribution >= 0.6 is 0 Å². The van der Waals surface area contributed by atoms with E-state index in [2.05, 4.69) is 91.6 Å². The number of aryl methyl sites for hydroxylation is 2. The topological polar surface area (TPSA) is 14.1 Å². The van der Waals surface area contributed by atoms with E-state index in [0.29, 0.717) is 0 Å². The molecule has 0 atom stereocenters. The van der Waals surface area contributed by atoms with Gasteiger partial charge in [0.05, 0.1) is 10.8 Å². The van der Waals surface area contributed by atoms with E-state index in [4.69, 9.17) is 0 Å². The molecule has 0 aliphatic heterocycles. The minimum absolute atomic E-state index is 1.22. The summed E-state index contributed by atoms with van der Waals surface area (Å²) in [4.78, 5) is 3.50. The number of aromatic nitrogens is 1. The number of rotatable bonds is 1. The summed E-state index contributed by atoms with van der Waals surface area (Å²) in [7, 11) is 0. The van der Waals surface area contributed by atoms with Gasteiger partial charge in [-0.15, -0.1) is 0 Å². The predicted molar refractivity (Wildman–Crippen MR) is 119 cm³/mol. The Morgan fingerprint density at radius 1 is 0.607 bits per heavy atom. The largest absolute Gasteiger partial charge is 0.219 e. The van der Waals surface area contributed by atoms with E-state index in [-0.39, 0.29) is 0 Å². The second-order valence-corrected chi connectivity index (χ2v) is 7.78. The Hall–Kier alpha value is -3.45. The lowest BCUT2D eigenvalue weighted by atomic mass is 9.85. The van der Waals surface area contributed by atoms with Gasteiger partial charge in [0.1, 0.15) is 0 Å². The maximum Gasteiger partial charge on any atom is 0.219 e. The molecule has 0 radical (unpaired) electrons. The highest BCUT2D eigenvalue weighted by molar-refractivity contribution is 6.34. The number of hydrogen-bond acceptors (Lipinski definition) is 0. The molecule has 0 aliphatic rings. The first-order valence-electron chi connectivity index (χ1n) is 9.80. The lowest BCUT2D eigenvalue weighted by Gasteiger charge is -2.18. The summed E-state index contributed by atoms with van der Waals surface area (Å²) >= 11 is 0. The standard InChI is InChI=1S/C27H19N/c1-16-7-3-8-17(2)24(16)23-15-18-9-4-12-22-25(18)26-19(10-5-11-20(23)26)21-13-6-14-28-27(21)22/h3-15H,1-2H3/p+1. The molecule has 28 heavy (non-hydrogen) atoms. The third kappa shape index (κ3) is 1.94. The number of nitrogens with one attached hydrogen (secondary N) is 1. The fraction of sp³-hybridized carbons (Fsp3) is 0.0741. The molecule has 1 nitrogen and oxygen atoms in total. The van der Waals surface area contributed by atoms with Crippen LogP contribution in [0.15, 0.2) is 79.0 Å². The minimum Gasteiger partial charge on any atom is -0.211 e. The van der Waals surface area contributed by atoms with Crippen molar-refractivity contribution < 1.29 is 4.98 Å². The molecule has 0 saturated carbocycles. The lowest BCUT2D eigenvalue weighted by Crippen LogP contribution is -2.03. The van der Waals surface area contributed by atoms with Gasteiger partial charge in [0.15, 0.2) is 6.20 Å². The van der Waals surface area contributed by atoms with Gasteiger partial charge < -0.3 is 0 Å². The van der Waals surface area contributed by atoms with Crippen molar-refractivity contribution in [1.82, 2.24) is 0 Å². The number of benzene rings is 5. The molecule has 0 amide bonds. The number of aromatic amines is 1. The average Bonchev–Trinajstić information content (AvgIpc) is 2.73. The molecule has 6 rings (SSSR count). The van der Waals surface area contributed by atoms with Gasteiger partial charge in [-0.05, 0) is 75.8 Å². The molecule has 132 valence electrons. The van der Waals surface area contributed by atoms with Gasteiger partial charge in [0.25, 0.3) is 0 Å². The summed E-state index contributed by atoms with van der Waals surface area (Å²) in [5.74, 6) is 0. The molecule has 1 heterocycles. The van der Waals surface area contributed by atoms with Crippen LogP contribution in [0.2, 0.25) is 0 Å². The van der Waals surface area contributed by atoms with Crippen molar-refractivity contribution in [2.24, 2.45) is 0 Å². The molecule has 1 heteroatoms. The molecule has 0 aliphatic carbocycles. The third-order valence-corrected chi connectivity index (χ3v) is 6.17. The highest BCUT2D eigenvalue weighted by Gasteiger charge is 2.19. The van der Waals surface area contributed by atoms with E-state index in [0.717, 1.165) is 0 Å². The van der Waals surface area contributed by atoms with Gasteiger partial charge in [0, 0.05) is 11.5 Å².